The van der Waals surface area contributed by atoms with Crippen molar-refractivity contribution in [3.63, 3.8) is 0 Å². The van der Waals surface area contributed by atoms with E-state index in [1.807, 2.05) is 31.4 Å². The molecule has 0 unspecified atom stereocenters. The maximum absolute atomic E-state index is 9.45. The molecule has 0 fully saturated rings. The summed E-state index contributed by atoms with van der Waals surface area (Å²) in [6.07, 6.45) is 3.52. The van der Waals surface area contributed by atoms with Gasteiger partial charge in [-0.2, -0.15) is 10.4 Å². The van der Waals surface area contributed by atoms with E-state index in [2.05, 4.69) is 16.2 Å². The van der Waals surface area contributed by atoms with Crippen molar-refractivity contribution in [3.8, 4) is 40.0 Å². The Kier molecular flexibility index (Phi) is 4.27. The number of nitriles is 1. The molecule has 3 rings (SSSR count). The zero-order chi connectivity index (χ0) is 18.0. The van der Waals surface area contributed by atoms with Crippen molar-refractivity contribution in [2.75, 3.05) is 20.0 Å². The van der Waals surface area contributed by atoms with Gasteiger partial charge < -0.3 is 15.2 Å². The molecule has 0 spiro atoms. The van der Waals surface area contributed by atoms with E-state index in [-0.39, 0.29) is 5.82 Å². The predicted molar refractivity (Wildman–Crippen MR) is 94.1 cm³/mol. The minimum absolute atomic E-state index is 0.175. The van der Waals surface area contributed by atoms with Crippen molar-refractivity contribution < 1.29 is 9.47 Å². The van der Waals surface area contributed by atoms with Gasteiger partial charge in [-0.1, -0.05) is 0 Å². The fraction of sp³-hybridized carbons (Fsp3) is 0.167. The number of ether oxygens (including phenoxy) is 2. The number of hydrogen-bond donors (Lipinski definition) is 1. The van der Waals surface area contributed by atoms with E-state index in [1.165, 1.54) is 0 Å². The molecule has 2 aromatic heterocycles. The van der Waals surface area contributed by atoms with Crippen LogP contribution in [0, 0.1) is 11.3 Å². The van der Waals surface area contributed by atoms with Crippen LogP contribution in [0.3, 0.4) is 0 Å². The molecule has 0 aliphatic rings. The minimum atomic E-state index is 0.175. The summed E-state index contributed by atoms with van der Waals surface area (Å²) in [5, 5.41) is 13.6. The Morgan fingerprint density at radius 1 is 1.12 bits per heavy atom. The number of methoxy groups -OCH3 is 2. The molecule has 0 radical (unpaired) electrons. The molecule has 126 valence electrons. The molecule has 25 heavy (non-hydrogen) atoms. The Hall–Kier alpha value is -3.53. The van der Waals surface area contributed by atoms with Crippen LogP contribution in [0.2, 0.25) is 0 Å². The molecule has 0 bridgehead atoms. The van der Waals surface area contributed by atoms with Crippen LogP contribution in [0.25, 0.3) is 22.4 Å². The Bertz CT molecular complexity index is 972. The van der Waals surface area contributed by atoms with Crippen LogP contribution in [0.4, 0.5) is 5.82 Å². The monoisotopic (exact) mass is 335 g/mol. The molecule has 3 aromatic rings. The maximum atomic E-state index is 9.45. The first-order valence-electron chi connectivity index (χ1n) is 7.49. The van der Waals surface area contributed by atoms with E-state index in [4.69, 9.17) is 15.2 Å². The number of aromatic nitrogens is 3. The lowest BCUT2D eigenvalue weighted by atomic mass is 10.0. The fourth-order valence-corrected chi connectivity index (χ4v) is 2.61. The van der Waals surface area contributed by atoms with Gasteiger partial charge in [-0.3, -0.25) is 4.68 Å². The van der Waals surface area contributed by atoms with Crippen LogP contribution in [0.5, 0.6) is 11.5 Å². The predicted octanol–water partition coefficient (Wildman–Crippen LogP) is 2.62. The lowest BCUT2D eigenvalue weighted by Crippen LogP contribution is -2.00. The van der Waals surface area contributed by atoms with E-state index in [0.717, 1.165) is 11.1 Å². The molecule has 2 heterocycles. The third-order valence-electron chi connectivity index (χ3n) is 3.85. The lowest BCUT2D eigenvalue weighted by Gasteiger charge is -2.11. The highest BCUT2D eigenvalue weighted by molar-refractivity contribution is 5.80. The zero-order valence-corrected chi connectivity index (χ0v) is 14.1. The van der Waals surface area contributed by atoms with Gasteiger partial charge in [0.05, 0.1) is 26.1 Å². The summed E-state index contributed by atoms with van der Waals surface area (Å²) in [7, 11) is 4.97. The molecule has 0 aliphatic heterocycles. The van der Waals surface area contributed by atoms with Crippen molar-refractivity contribution in [2.45, 2.75) is 0 Å². The van der Waals surface area contributed by atoms with E-state index < -0.39 is 0 Å². The van der Waals surface area contributed by atoms with E-state index in [1.54, 1.807) is 31.2 Å². The van der Waals surface area contributed by atoms with Crippen molar-refractivity contribution in [1.29, 1.82) is 5.26 Å². The zero-order valence-electron chi connectivity index (χ0n) is 14.1. The van der Waals surface area contributed by atoms with Gasteiger partial charge in [0.15, 0.2) is 11.5 Å². The molecule has 0 saturated carbocycles. The summed E-state index contributed by atoms with van der Waals surface area (Å²) in [5.41, 5.74) is 9.28. The molecule has 7 nitrogen and oxygen atoms in total. The number of nitrogens with zero attached hydrogens (tertiary/aromatic N) is 4. The standard InChI is InChI=1S/C18H17N5O2/c1-23-10-12(9-21-23)13-7-15(22-18(20)14(13)8-19)11-4-5-16(24-2)17(6-11)25-3/h4-7,9-10H,1-3H3,(H2,20,22). The molecule has 0 aliphatic carbocycles. The number of hydrogen-bond acceptors (Lipinski definition) is 6. The summed E-state index contributed by atoms with van der Waals surface area (Å²) >= 11 is 0. The first-order valence-corrected chi connectivity index (χ1v) is 7.49. The number of pyridine rings is 1. The molecule has 1 aromatic carbocycles. The molecular formula is C18H17N5O2. The van der Waals surface area contributed by atoms with Gasteiger partial charge in [0, 0.05) is 29.9 Å². The Labute approximate surface area is 145 Å². The summed E-state index contributed by atoms with van der Waals surface area (Å²) in [5.74, 6) is 1.39. The van der Waals surface area contributed by atoms with Gasteiger partial charge in [-0.25, -0.2) is 4.98 Å². The topological polar surface area (TPSA) is 99.0 Å². The average molecular weight is 335 g/mol. The molecule has 0 saturated heterocycles. The van der Waals surface area contributed by atoms with Gasteiger partial charge in [0.1, 0.15) is 17.5 Å². The van der Waals surface area contributed by atoms with Crippen molar-refractivity contribution in [1.82, 2.24) is 14.8 Å². The first-order chi connectivity index (χ1) is 12.1. The second kappa shape index (κ2) is 6.53. The fourth-order valence-electron chi connectivity index (χ4n) is 2.61. The maximum Gasteiger partial charge on any atom is 0.161 e. The van der Waals surface area contributed by atoms with Crippen molar-refractivity contribution in [2.24, 2.45) is 7.05 Å². The SMILES string of the molecule is COc1ccc(-c2cc(-c3cnn(C)c3)c(C#N)c(N)n2)cc1OC. The number of rotatable bonds is 4. The summed E-state index contributed by atoms with van der Waals surface area (Å²) in [6.45, 7) is 0. The largest absolute Gasteiger partial charge is 0.493 e. The Balaban J connectivity index is 2.18. The van der Waals surface area contributed by atoms with Crippen LogP contribution in [0.1, 0.15) is 5.56 Å². The third kappa shape index (κ3) is 2.97. The first kappa shape index (κ1) is 16.3. The molecule has 0 amide bonds. The number of aryl methyl sites for hydroxylation is 1. The molecule has 2 N–H and O–H groups in total. The van der Waals surface area contributed by atoms with Gasteiger partial charge in [0.2, 0.25) is 0 Å². The quantitative estimate of drug-likeness (QED) is 0.787. The van der Waals surface area contributed by atoms with Crippen molar-refractivity contribution in [3.05, 3.63) is 42.2 Å². The molecule has 7 heteroatoms. The highest BCUT2D eigenvalue weighted by Gasteiger charge is 2.15. The highest BCUT2D eigenvalue weighted by atomic mass is 16.5. The minimum Gasteiger partial charge on any atom is -0.493 e. The number of nitrogens with two attached hydrogens (primary N) is 1. The second-order valence-electron chi connectivity index (χ2n) is 5.40. The second-order valence-corrected chi connectivity index (χ2v) is 5.40. The summed E-state index contributed by atoms with van der Waals surface area (Å²) < 4.78 is 12.3. The van der Waals surface area contributed by atoms with E-state index >= 15 is 0 Å². The van der Waals surface area contributed by atoms with Crippen LogP contribution in [-0.2, 0) is 7.05 Å². The third-order valence-corrected chi connectivity index (χ3v) is 3.85. The molecule has 0 atom stereocenters. The summed E-state index contributed by atoms with van der Waals surface area (Å²) in [4.78, 5) is 4.37. The average Bonchev–Trinajstić information content (AvgIpc) is 3.06. The normalized spacial score (nSPS) is 10.3. The Morgan fingerprint density at radius 2 is 1.88 bits per heavy atom. The smallest absolute Gasteiger partial charge is 0.161 e. The van der Waals surface area contributed by atoms with Gasteiger partial charge in [0.25, 0.3) is 0 Å². The van der Waals surface area contributed by atoms with Crippen LogP contribution in [-0.4, -0.2) is 29.0 Å². The van der Waals surface area contributed by atoms with Gasteiger partial charge in [-0.05, 0) is 24.3 Å². The molecular weight excluding hydrogens is 318 g/mol. The van der Waals surface area contributed by atoms with E-state index in [0.29, 0.717) is 28.3 Å². The van der Waals surface area contributed by atoms with Crippen LogP contribution in [0.15, 0.2) is 36.7 Å². The van der Waals surface area contributed by atoms with Crippen LogP contribution >= 0.6 is 0 Å². The lowest BCUT2D eigenvalue weighted by molar-refractivity contribution is 0.355. The summed E-state index contributed by atoms with van der Waals surface area (Å²) in [6, 6.07) is 9.43. The number of nitrogen functional groups attached to an aromatic ring is 1. The Morgan fingerprint density at radius 3 is 2.48 bits per heavy atom. The number of anilines is 1. The van der Waals surface area contributed by atoms with Gasteiger partial charge >= 0.3 is 0 Å². The van der Waals surface area contributed by atoms with E-state index in [9.17, 15) is 5.26 Å². The van der Waals surface area contributed by atoms with Crippen LogP contribution < -0.4 is 15.2 Å². The van der Waals surface area contributed by atoms with Gasteiger partial charge in [-0.15, -0.1) is 0 Å². The highest BCUT2D eigenvalue weighted by Crippen LogP contribution is 2.35. The number of benzene rings is 1. The van der Waals surface area contributed by atoms with Crippen molar-refractivity contribution >= 4 is 5.82 Å².